The van der Waals surface area contributed by atoms with Crippen molar-refractivity contribution >= 4 is 23.4 Å². The highest BCUT2D eigenvalue weighted by atomic mass is 16.2. The summed E-state index contributed by atoms with van der Waals surface area (Å²) in [6.45, 7) is 2.50. The van der Waals surface area contributed by atoms with Crippen molar-refractivity contribution in [2.75, 3.05) is 18.9 Å². The first-order valence-corrected chi connectivity index (χ1v) is 10.5. The summed E-state index contributed by atoms with van der Waals surface area (Å²) >= 11 is 0. The highest BCUT2D eigenvalue weighted by Gasteiger charge is 2.42. The third-order valence-electron chi connectivity index (χ3n) is 6.09. The molecular formula is C24H27N3O3. The van der Waals surface area contributed by atoms with Gasteiger partial charge in [0.1, 0.15) is 0 Å². The Bertz CT molecular complexity index is 955. The van der Waals surface area contributed by atoms with Crippen LogP contribution in [0.1, 0.15) is 48.1 Å². The molecule has 2 aliphatic rings. The highest BCUT2D eigenvalue weighted by Crippen LogP contribution is 2.34. The van der Waals surface area contributed by atoms with Crippen molar-refractivity contribution < 1.29 is 14.4 Å². The van der Waals surface area contributed by atoms with Crippen LogP contribution in [0.15, 0.2) is 54.6 Å². The molecule has 6 nitrogen and oxygen atoms in total. The van der Waals surface area contributed by atoms with E-state index in [2.05, 4.69) is 5.32 Å². The molecule has 1 saturated carbocycles. The van der Waals surface area contributed by atoms with Gasteiger partial charge in [-0.05, 0) is 49.6 Å². The predicted molar refractivity (Wildman–Crippen MR) is 115 cm³/mol. The average Bonchev–Trinajstić information content (AvgIpc) is 3.54. The van der Waals surface area contributed by atoms with E-state index in [0.29, 0.717) is 30.3 Å². The van der Waals surface area contributed by atoms with E-state index in [9.17, 15) is 14.4 Å². The first-order chi connectivity index (χ1) is 14.4. The van der Waals surface area contributed by atoms with E-state index in [4.69, 9.17) is 0 Å². The minimum absolute atomic E-state index is 0.00211. The summed E-state index contributed by atoms with van der Waals surface area (Å²) in [5.74, 6) is -0.346. The Morgan fingerprint density at radius 2 is 1.83 bits per heavy atom. The quantitative estimate of drug-likeness (QED) is 0.800. The number of rotatable bonds is 6. The largest absolute Gasteiger partial charge is 0.339 e. The van der Waals surface area contributed by atoms with Gasteiger partial charge in [0.2, 0.25) is 11.8 Å². The van der Waals surface area contributed by atoms with Crippen LogP contribution in [0, 0.1) is 5.92 Å². The predicted octanol–water partition coefficient (Wildman–Crippen LogP) is 3.47. The fourth-order valence-corrected chi connectivity index (χ4v) is 4.01. The molecule has 30 heavy (non-hydrogen) atoms. The number of carbonyl (C=O) groups is 3. The summed E-state index contributed by atoms with van der Waals surface area (Å²) in [6.07, 6.45) is 2.42. The second-order valence-electron chi connectivity index (χ2n) is 8.25. The monoisotopic (exact) mass is 405 g/mol. The van der Waals surface area contributed by atoms with Crippen molar-refractivity contribution in [1.29, 1.82) is 0 Å². The molecule has 1 N–H and O–H groups in total. The lowest BCUT2D eigenvalue weighted by molar-refractivity contribution is -0.136. The maximum Gasteiger partial charge on any atom is 0.255 e. The fraction of sp³-hybridized carbons (Fsp3) is 0.375. The van der Waals surface area contributed by atoms with Crippen LogP contribution in [0.25, 0.3) is 0 Å². The third kappa shape index (κ3) is 4.22. The number of carbonyl (C=O) groups excluding carboxylic acids is 3. The summed E-state index contributed by atoms with van der Waals surface area (Å²) in [4.78, 5) is 41.2. The van der Waals surface area contributed by atoms with Crippen molar-refractivity contribution in [1.82, 2.24) is 9.80 Å². The van der Waals surface area contributed by atoms with Gasteiger partial charge < -0.3 is 15.1 Å². The van der Waals surface area contributed by atoms with E-state index in [0.717, 1.165) is 18.4 Å². The molecule has 0 aromatic heterocycles. The Labute approximate surface area is 176 Å². The van der Waals surface area contributed by atoms with Gasteiger partial charge in [0.15, 0.2) is 0 Å². The van der Waals surface area contributed by atoms with Gasteiger partial charge in [0.05, 0.1) is 12.0 Å². The number of nitrogens with one attached hydrogen (secondary N) is 1. The van der Waals surface area contributed by atoms with Crippen LogP contribution < -0.4 is 5.32 Å². The SMILES string of the molecule is CC(c1cccc(NC(=O)c2ccccc2)c1)N(C)C(=O)C1CC(=O)N(C2CC2)C1. The topological polar surface area (TPSA) is 69.7 Å². The van der Waals surface area contributed by atoms with Gasteiger partial charge in [-0.2, -0.15) is 0 Å². The third-order valence-corrected chi connectivity index (χ3v) is 6.09. The van der Waals surface area contributed by atoms with Crippen LogP contribution in [0.3, 0.4) is 0 Å². The summed E-state index contributed by atoms with van der Waals surface area (Å²) in [7, 11) is 1.78. The lowest BCUT2D eigenvalue weighted by Crippen LogP contribution is -2.36. The first kappa shape index (κ1) is 20.1. The molecule has 0 radical (unpaired) electrons. The maximum atomic E-state index is 13.0. The van der Waals surface area contributed by atoms with Crippen LogP contribution in [-0.4, -0.2) is 47.2 Å². The summed E-state index contributed by atoms with van der Waals surface area (Å²) in [6, 6.07) is 16.8. The van der Waals surface area contributed by atoms with Gasteiger partial charge in [0, 0.05) is 37.3 Å². The minimum atomic E-state index is -0.272. The molecule has 2 aromatic carbocycles. The van der Waals surface area contributed by atoms with E-state index in [1.807, 2.05) is 54.3 Å². The Morgan fingerprint density at radius 1 is 1.10 bits per heavy atom. The number of benzene rings is 2. The van der Waals surface area contributed by atoms with Gasteiger partial charge in [0.25, 0.3) is 5.91 Å². The molecule has 3 amide bonds. The second kappa shape index (κ2) is 8.30. The van der Waals surface area contributed by atoms with E-state index < -0.39 is 0 Å². The normalized spacial score (nSPS) is 19.5. The highest BCUT2D eigenvalue weighted by molar-refractivity contribution is 6.04. The average molecular weight is 405 g/mol. The molecule has 1 heterocycles. The van der Waals surface area contributed by atoms with Crippen molar-refractivity contribution in [2.45, 2.75) is 38.3 Å². The molecular weight excluding hydrogens is 378 g/mol. The molecule has 0 bridgehead atoms. The van der Waals surface area contributed by atoms with Gasteiger partial charge >= 0.3 is 0 Å². The standard InChI is InChI=1S/C24H27N3O3/c1-16(26(2)24(30)19-14-22(28)27(15-19)21-11-12-21)18-9-6-10-20(13-18)25-23(29)17-7-4-3-5-8-17/h3-10,13,16,19,21H,11-12,14-15H2,1-2H3,(H,25,29). The zero-order valence-corrected chi connectivity index (χ0v) is 17.4. The molecule has 6 heteroatoms. The fourth-order valence-electron chi connectivity index (χ4n) is 4.01. The van der Waals surface area contributed by atoms with Crippen LogP contribution in [0.5, 0.6) is 0 Å². The van der Waals surface area contributed by atoms with Crippen molar-refractivity contribution in [2.24, 2.45) is 5.92 Å². The molecule has 156 valence electrons. The summed E-state index contributed by atoms with van der Waals surface area (Å²) in [5.41, 5.74) is 2.21. The van der Waals surface area contributed by atoms with E-state index in [1.54, 1.807) is 24.1 Å². The van der Waals surface area contributed by atoms with Crippen LogP contribution in [0.4, 0.5) is 5.69 Å². The molecule has 0 spiro atoms. The van der Waals surface area contributed by atoms with Gasteiger partial charge in [-0.25, -0.2) is 0 Å². The number of likely N-dealkylation sites (tertiary alicyclic amines) is 1. The number of nitrogens with zero attached hydrogens (tertiary/aromatic N) is 2. The number of amides is 3. The smallest absolute Gasteiger partial charge is 0.255 e. The molecule has 2 atom stereocenters. The lowest BCUT2D eigenvalue weighted by Gasteiger charge is -2.28. The number of hydrogen-bond donors (Lipinski definition) is 1. The Balaban J connectivity index is 1.42. The van der Waals surface area contributed by atoms with Crippen LogP contribution in [0.2, 0.25) is 0 Å². The maximum absolute atomic E-state index is 13.0. The molecule has 1 saturated heterocycles. The Kier molecular flexibility index (Phi) is 5.57. The first-order valence-electron chi connectivity index (χ1n) is 10.5. The zero-order valence-electron chi connectivity index (χ0n) is 17.4. The molecule has 2 aromatic rings. The summed E-state index contributed by atoms with van der Waals surface area (Å²) in [5, 5.41) is 2.91. The molecule has 2 fully saturated rings. The number of anilines is 1. The number of hydrogen-bond acceptors (Lipinski definition) is 3. The molecule has 1 aliphatic carbocycles. The van der Waals surface area contributed by atoms with Crippen molar-refractivity contribution in [3.63, 3.8) is 0 Å². The van der Waals surface area contributed by atoms with Crippen LogP contribution in [-0.2, 0) is 9.59 Å². The van der Waals surface area contributed by atoms with E-state index in [-0.39, 0.29) is 29.7 Å². The summed E-state index contributed by atoms with van der Waals surface area (Å²) < 4.78 is 0. The lowest BCUT2D eigenvalue weighted by atomic mass is 10.0. The van der Waals surface area contributed by atoms with E-state index in [1.165, 1.54) is 0 Å². The van der Waals surface area contributed by atoms with Gasteiger partial charge in [-0.15, -0.1) is 0 Å². The Morgan fingerprint density at radius 3 is 2.53 bits per heavy atom. The van der Waals surface area contributed by atoms with Crippen molar-refractivity contribution in [3.05, 3.63) is 65.7 Å². The van der Waals surface area contributed by atoms with Crippen molar-refractivity contribution in [3.8, 4) is 0 Å². The molecule has 4 rings (SSSR count). The molecule has 2 unspecified atom stereocenters. The zero-order chi connectivity index (χ0) is 21.3. The van der Waals surface area contributed by atoms with E-state index >= 15 is 0 Å². The minimum Gasteiger partial charge on any atom is -0.339 e. The van der Waals surface area contributed by atoms with Gasteiger partial charge in [-0.1, -0.05) is 30.3 Å². The van der Waals surface area contributed by atoms with Gasteiger partial charge in [-0.3, -0.25) is 14.4 Å². The van der Waals surface area contributed by atoms with Crippen LogP contribution >= 0.6 is 0 Å². The molecule has 1 aliphatic heterocycles. The Hall–Kier alpha value is -3.15. The second-order valence-corrected chi connectivity index (χ2v) is 8.25.